The third-order valence-electron chi connectivity index (χ3n) is 3.84. The number of fused-ring (bicyclic) bond motifs is 1. The molecule has 0 unspecified atom stereocenters. The monoisotopic (exact) mass is 272 g/mol. The van der Waals surface area contributed by atoms with E-state index in [1.807, 2.05) is 18.2 Å². The molecule has 0 fully saturated rings. The van der Waals surface area contributed by atoms with Crippen LogP contribution in [0.1, 0.15) is 48.9 Å². The van der Waals surface area contributed by atoms with Gasteiger partial charge in [0.25, 0.3) is 0 Å². The van der Waals surface area contributed by atoms with Crippen molar-refractivity contribution in [1.82, 2.24) is 0 Å². The number of benzene rings is 1. The van der Waals surface area contributed by atoms with Crippen molar-refractivity contribution in [3.63, 3.8) is 0 Å². The van der Waals surface area contributed by atoms with Crippen LogP contribution in [-0.2, 0) is 0 Å². The van der Waals surface area contributed by atoms with Gasteiger partial charge in [-0.2, -0.15) is 0 Å². The summed E-state index contributed by atoms with van der Waals surface area (Å²) in [5, 5.41) is 0. The fourth-order valence-corrected chi connectivity index (χ4v) is 2.71. The molecule has 3 nitrogen and oxygen atoms in total. The molecule has 0 N–H and O–H groups in total. The number of ketones is 1. The molecule has 0 aromatic heterocycles. The number of allylic oxidation sites excluding steroid dienone is 2. The normalized spacial score (nSPS) is 18.7. The Kier molecular flexibility index (Phi) is 4.05. The van der Waals surface area contributed by atoms with Crippen LogP contribution in [0.2, 0.25) is 0 Å². The zero-order chi connectivity index (χ0) is 13.8. The first kappa shape index (κ1) is 13.2. The molecule has 0 atom stereocenters. The largest absolute Gasteiger partial charge is 0.490 e. The van der Waals surface area contributed by atoms with Crippen molar-refractivity contribution in [3.8, 4) is 11.5 Å². The maximum atomic E-state index is 12.6. The second-order valence-electron chi connectivity index (χ2n) is 5.37. The zero-order valence-corrected chi connectivity index (χ0v) is 11.7. The Bertz CT molecular complexity index is 531. The van der Waals surface area contributed by atoms with Crippen molar-refractivity contribution >= 4 is 5.78 Å². The molecule has 1 aromatic rings. The van der Waals surface area contributed by atoms with Crippen molar-refractivity contribution in [2.75, 3.05) is 13.2 Å². The second-order valence-corrected chi connectivity index (χ2v) is 5.37. The molecule has 3 rings (SSSR count). The Morgan fingerprint density at radius 1 is 0.950 bits per heavy atom. The van der Waals surface area contributed by atoms with E-state index in [0.29, 0.717) is 24.5 Å². The Morgan fingerprint density at radius 2 is 1.80 bits per heavy atom. The van der Waals surface area contributed by atoms with Crippen molar-refractivity contribution < 1.29 is 14.3 Å². The summed E-state index contributed by atoms with van der Waals surface area (Å²) in [6.45, 7) is 1.32. The fraction of sp³-hybridized carbons (Fsp3) is 0.471. The van der Waals surface area contributed by atoms with Gasteiger partial charge in [0.15, 0.2) is 17.3 Å². The Hall–Kier alpha value is -1.77. The van der Waals surface area contributed by atoms with Gasteiger partial charge in [0.1, 0.15) is 0 Å². The van der Waals surface area contributed by atoms with Gasteiger partial charge in [0.2, 0.25) is 0 Å². The molecule has 0 bridgehead atoms. The molecule has 20 heavy (non-hydrogen) atoms. The van der Waals surface area contributed by atoms with E-state index in [9.17, 15) is 4.79 Å². The van der Waals surface area contributed by atoms with Crippen LogP contribution in [-0.4, -0.2) is 19.0 Å². The van der Waals surface area contributed by atoms with Gasteiger partial charge in [-0.15, -0.1) is 0 Å². The summed E-state index contributed by atoms with van der Waals surface area (Å²) in [5.41, 5.74) is 1.67. The molecule has 0 radical (unpaired) electrons. The van der Waals surface area contributed by atoms with Gasteiger partial charge in [0.05, 0.1) is 13.2 Å². The van der Waals surface area contributed by atoms with Gasteiger partial charge in [-0.3, -0.25) is 4.79 Å². The number of hydrogen-bond donors (Lipinski definition) is 0. The summed E-state index contributed by atoms with van der Waals surface area (Å²) in [6.07, 6.45) is 8.43. The summed E-state index contributed by atoms with van der Waals surface area (Å²) in [6, 6.07) is 5.53. The van der Waals surface area contributed by atoms with E-state index in [1.165, 1.54) is 12.8 Å². The average Bonchev–Trinajstić information content (AvgIpc) is 2.88. The minimum atomic E-state index is 0.141. The van der Waals surface area contributed by atoms with E-state index in [0.717, 1.165) is 37.0 Å². The van der Waals surface area contributed by atoms with E-state index in [1.54, 1.807) is 0 Å². The van der Waals surface area contributed by atoms with Crippen LogP contribution in [0, 0.1) is 0 Å². The third-order valence-corrected chi connectivity index (χ3v) is 3.84. The molecular weight excluding hydrogens is 252 g/mol. The lowest BCUT2D eigenvalue weighted by molar-refractivity contribution is 0.103. The summed E-state index contributed by atoms with van der Waals surface area (Å²) < 4.78 is 11.3. The Labute approximate surface area is 119 Å². The fourth-order valence-electron chi connectivity index (χ4n) is 2.71. The molecule has 1 aliphatic carbocycles. The quantitative estimate of drug-likeness (QED) is 0.765. The third kappa shape index (κ3) is 2.87. The maximum Gasteiger partial charge on any atom is 0.188 e. The second kappa shape index (κ2) is 6.12. The number of hydrogen-bond acceptors (Lipinski definition) is 3. The standard InChI is InChI=1S/C17H20O3/c18-17(13-6-3-1-2-4-7-13)14-8-9-15-16(12-14)20-11-5-10-19-15/h6,8-9,12H,1-5,7,10-11H2. The summed E-state index contributed by atoms with van der Waals surface area (Å²) >= 11 is 0. The highest BCUT2D eigenvalue weighted by atomic mass is 16.5. The summed E-state index contributed by atoms with van der Waals surface area (Å²) in [7, 11) is 0. The summed E-state index contributed by atoms with van der Waals surface area (Å²) in [5.74, 6) is 1.58. The van der Waals surface area contributed by atoms with Gasteiger partial charge in [-0.1, -0.05) is 12.5 Å². The van der Waals surface area contributed by atoms with Crippen LogP contribution in [0.5, 0.6) is 11.5 Å². The van der Waals surface area contributed by atoms with Crippen molar-refractivity contribution in [3.05, 3.63) is 35.4 Å². The maximum absolute atomic E-state index is 12.6. The predicted molar refractivity (Wildman–Crippen MR) is 77.5 cm³/mol. The molecule has 0 saturated carbocycles. The van der Waals surface area contributed by atoms with Crippen LogP contribution in [0.25, 0.3) is 0 Å². The van der Waals surface area contributed by atoms with Gasteiger partial charge >= 0.3 is 0 Å². The molecule has 2 aliphatic rings. The van der Waals surface area contributed by atoms with Gasteiger partial charge in [-0.05, 0) is 49.5 Å². The lowest BCUT2D eigenvalue weighted by Crippen LogP contribution is -2.04. The van der Waals surface area contributed by atoms with E-state index in [2.05, 4.69) is 6.08 Å². The topological polar surface area (TPSA) is 35.5 Å². The predicted octanol–water partition coefficient (Wildman–Crippen LogP) is 3.92. The van der Waals surface area contributed by atoms with Crippen LogP contribution in [0.3, 0.4) is 0 Å². The first-order valence-corrected chi connectivity index (χ1v) is 7.48. The highest BCUT2D eigenvalue weighted by Crippen LogP contribution is 2.32. The van der Waals surface area contributed by atoms with Crippen LogP contribution in [0.4, 0.5) is 0 Å². The number of carbonyl (C=O) groups is 1. The SMILES string of the molecule is O=C(C1=CCCCCC1)c1ccc2c(c1)OCCCO2. The molecule has 0 amide bonds. The molecule has 1 aliphatic heterocycles. The lowest BCUT2D eigenvalue weighted by atomic mass is 9.99. The number of ether oxygens (including phenoxy) is 2. The van der Waals surface area contributed by atoms with Crippen molar-refractivity contribution in [2.24, 2.45) is 0 Å². The smallest absolute Gasteiger partial charge is 0.188 e. The molecule has 0 saturated heterocycles. The van der Waals surface area contributed by atoms with Crippen LogP contribution < -0.4 is 9.47 Å². The first-order valence-electron chi connectivity index (χ1n) is 7.48. The number of Topliss-reactive ketones (excluding diaryl/α,β-unsaturated/α-hetero) is 1. The Balaban J connectivity index is 1.84. The van der Waals surface area contributed by atoms with Gasteiger partial charge in [0, 0.05) is 12.0 Å². The lowest BCUT2D eigenvalue weighted by Gasteiger charge is -2.10. The van der Waals surface area contributed by atoms with E-state index in [4.69, 9.17) is 9.47 Å². The molecular formula is C17H20O3. The minimum Gasteiger partial charge on any atom is -0.490 e. The first-order chi connectivity index (χ1) is 9.84. The van der Waals surface area contributed by atoms with Crippen LogP contribution >= 0.6 is 0 Å². The summed E-state index contributed by atoms with van der Waals surface area (Å²) in [4.78, 5) is 12.6. The highest BCUT2D eigenvalue weighted by molar-refractivity contribution is 6.09. The molecule has 106 valence electrons. The van der Waals surface area contributed by atoms with Crippen LogP contribution in [0.15, 0.2) is 29.8 Å². The van der Waals surface area contributed by atoms with E-state index in [-0.39, 0.29) is 5.78 Å². The molecule has 0 spiro atoms. The van der Waals surface area contributed by atoms with Crippen molar-refractivity contribution in [2.45, 2.75) is 38.5 Å². The van der Waals surface area contributed by atoms with Gasteiger partial charge in [-0.25, -0.2) is 0 Å². The van der Waals surface area contributed by atoms with Gasteiger partial charge < -0.3 is 9.47 Å². The zero-order valence-electron chi connectivity index (χ0n) is 11.7. The number of rotatable bonds is 2. The molecule has 1 heterocycles. The molecule has 3 heteroatoms. The minimum absolute atomic E-state index is 0.141. The highest BCUT2D eigenvalue weighted by Gasteiger charge is 2.17. The Morgan fingerprint density at radius 3 is 2.70 bits per heavy atom. The average molecular weight is 272 g/mol. The van der Waals surface area contributed by atoms with E-state index >= 15 is 0 Å². The molecule has 1 aromatic carbocycles. The van der Waals surface area contributed by atoms with E-state index < -0.39 is 0 Å². The number of carbonyl (C=O) groups excluding carboxylic acids is 1. The van der Waals surface area contributed by atoms with Crippen molar-refractivity contribution in [1.29, 1.82) is 0 Å².